The van der Waals surface area contributed by atoms with Crippen LogP contribution in [0.5, 0.6) is 6.01 Å². The van der Waals surface area contributed by atoms with Crippen molar-refractivity contribution in [2.45, 2.75) is 13.3 Å². The summed E-state index contributed by atoms with van der Waals surface area (Å²) in [6.45, 7) is 3.13. The van der Waals surface area contributed by atoms with Gasteiger partial charge in [0.25, 0.3) is 0 Å². The van der Waals surface area contributed by atoms with Crippen LogP contribution in [0.25, 0.3) is 16.8 Å². The molecule has 4 heterocycles. The van der Waals surface area contributed by atoms with Gasteiger partial charge in [-0.25, -0.2) is 23.8 Å². The number of benzene rings is 1. The number of methoxy groups -OCH3 is 1. The second kappa shape index (κ2) is 9.57. The third-order valence-corrected chi connectivity index (χ3v) is 6.84. The molecule has 1 aromatic carbocycles. The highest BCUT2D eigenvalue weighted by Gasteiger charge is 2.33. The molecule has 11 heteroatoms. The molecule has 0 saturated carbocycles. The summed E-state index contributed by atoms with van der Waals surface area (Å²) in [4.78, 5) is 38.1. The van der Waals surface area contributed by atoms with Crippen LogP contribution in [0.4, 0.5) is 16.3 Å². The number of pyridine rings is 2. The Labute approximate surface area is 215 Å². The van der Waals surface area contributed by atoms with Crippen molar-refractivity contribution in [2.24, 2.45) is 7.05 Å². The molecule has 1 fully saturated rings. The van der Waals surface area contributed by atoms with Gasteiger partial charge < -0.3 is 4.74 Å². The maximum absolute atomic E-state index is 13.3. The fourth-order valence-electron chi connectivity index (χ4n) is 4.46. The number of carbonyl (C=O) groups is 1. The van der Waals surface area contributed by atoms with Gasteiger partial charge in [0.05, 0.1) is 24.7 Å². The second-order valence-corrected chi connectivity index (χ2v) is 9.06. The summed E-state index contributed by atoms with van der Waals surface area (Å²) >= 11 is 3.68. The molecular weight excluding hydrogens is 526 g/mol. The summed E-state index contributed by atoms with van der Waals surface area (Å²) in [6, 6.07) is 11.3. The number of amides is 2. The average molecular weight is 550 g/mol. The molecule has 3 aromatic heterocycles. The fourth-order valence-corrected chi connectivity index (χ4v) is 5.04. The van der Waals surface area contributed by atoms with Gasteiger partial charge >= 0.3 is 17.7 Å². The summed E-state index contributed by atoms with van der Waals surface area (Å²) < 4.78 is 8.70. The van der Waals surface area contributed by atoms with Crippen molar-refractivity contribution < 1.29 is 9.53 Å². The molecule has 1 saturated heterocycles. The van der Waals surface area contributed by atoms with E-state index in [1.807, 2.05) is 43.3 Å². The lowest BCUT2D eigenvalue weighted by Crippen LogP contribution is -2.33. The number of anilines is 2. The van der Waals surface area contributed by atoms with Gasteiger partial charge in [-0.3, -0.25) is 14.8 Å². The minimum Gasteiger partial charge on any atom is -0.467 e. The van der Waals surface area contributed by atoms with Gasteiger partial charge in [0.2, 0.25) is 0 Å². The van der Waals surface area contributed by atoms with Crippen LogP contribution in [0, 0.1) is 0 Å². The number of hydrogen-bond acceptors (Lipinski definition) is 6. The number of aromatic nitrogens is 5. The lowest BCUT2D eigenvalue weighted by Gasteiger charge is -2.22. The van der Waals surface area contributed by atoms with Gasteiger partial charge in [0.15, 0.2) is 0 Å². The number of ether oxygens (including phenoxy) is 1. The molecule has 0 atom stereocenters. The van der Waals surface area contributed by atoms with Crippen LogP contribution in [-0.2, 0) is 13.5 Å². The van der Waals surface area contributed by atoms with E-state index in [9.17, 15) is 9.59 Å². The first kappa shape index (κ1) is 23.7. The third-order valence-electron chi connectivity index (χ3n) is 6.19. The first-order valence-electron chi connectivity index (χ1n) is 11.4. The Kier molecular flexibility index (Phi) is 6.31. The molecule has 1 aliphatic rings. The van der Waals surface area contributed by atoms with Crippen molar-refractivity contribution in [3.63, 3.8) is 0 Å². The Morgan fingerprint density at radius 3 is 2.53 bits per heavy atom. The van der Waals surface area contributed by atoms with Crippen molar-refractivity contribution in [1.29, 1.82) is 0 Å². The summed E-state index contributed by atoms with van der Waals surface area (Å²) in [6.07, 6.45) is 5.78. The van der Waals surface area contributed by atoms with Crippen LogP contribution in [-0.4, -0.2) is 50.5 Å². The maximum Gasteiger partial charge on any atom is 0.353 e. The van der Waals surface area contributed by atoms with Gasteiger partial charge in [0.1, 0.15) is 5.82 Å². The van der Waals surface area contributed by atoms with Crippen molar-refractivity contribution >= 4 is 33.5 Å². The zero-order valence-corrected chi connectivity index (χ0v) is 21.6. The molecule has 0 spiro atoms. The van der Waals surface area contributed by atoms with Crippen molar-refractivity contribution in [2.75, 3.05) is 30.0 Å². The largest absolute Gasteiger partial charge is 0.467 e. The topological polar surface area (TPSA) is 98.4 Å². The van der Waals surface area contributed by atoms with E-state index < -0.39 is 0 Å². The van der Waals surface area contributed by atoms with Crippen LogP contribution < -0.4 is 20.2 Å². The van der Waals surface area contributed by atoms with Crippen LogP contribution >= 0.6 is 15.9 Å². The molecule has 36 heavy (non-hydrogen) atoms. The molecule has 4 aromatic rings. The number of nitrogens with zero attached hydrogens (tertiary/aromatic N) is 7. The number of carbonyl (C=O) groups excluding carboxylic acids is 1. The first-order chi connectivity index (χ1) is 17.4. The summed E-state index contributed by atoms with van der Waals surface area (Å²) in [5, 5.41) is 4.11. The van der Waals surface area contributed by atoms with Crippen LogP contribution in [0.1, 0.15) is 12.5 Å². The van der Waals surface area contributed by atoms with E-state index in [2.05, 4.69) is 31.0 Å². The summed E-state index contributed by atoms with van der Waals surface area (Å²) in [5.74, 6) is 0.646. The van der Waals surface area contributed by atoms with Crippen LogP contribution in [0.15, 0.2) is 64.3 Å². The van der Waals surface area contributed by atoms with Gasteiger partial charge in [-0.1, -0.05) is 28.9 Å². The van der Waals surface area contributed by atoms with Crippen molar-refractivity contribution in [3.05, 3.63) is 75.5 Å². The van der Waals surface area contributed by atoms with E-state index in [1.165, 1.54) is 16.4 Å². The normalized spacial score (nSPS) is 13.5. The molecule has 0 aliphatic carbocycles. The number of rotatable bonds is 6. The molecule has 2 amide bonds. The lowest BCUT2D eigenvalue weighted by atomic mass is 9.98. The molecule has 0 bridgehead atoms. The third kappa shape index (κ3) is 3.95. The van der Waals surface area contributed by atoms with E-state index in [-0.39, 0.29) is 17.7 Å². The quantitative estimate of drug-likeness (QED) is 0.362. The van der Waals surface area contributed by atoms with E-state index >= 15 is 0 Å². The highest BCUT2D eigenvalue weighted by Crippen LogP contribution is 2.37. The lowest BCUT2D eigenvalue weighted by molar-refractivity contribution is 0.255. The predicted molar refractivity (Wildman–Crippen MR) is 140 cm³/mol. The molecule has 0 radical (unpaired) electrons. The highest BCUT2D eigenvalue weighted by molar-refractivity contribution is 9.10. The average Bonchev–Trinajstić information content (AvgIpc) is 3.42. The standard InChI is InChI=1S/C25H24BrN7O3/c1-4-18-19(20-8-7-16(14-21(20)26)33-23(36-3)29-30(2)24(33)34)9-11-28-22(18)32-13-12-31(25(32)35)17-6-5-10-27-15-17/h5-11,14-15H,4,12-13H2,1-3H3. The van der Waals surface area contributed by atoms with Crippen molar-refractivity contribution in [3.8, 4) is 22.8 Å². The van der Waals surface area contributed by atoms with Gasteiger partial charge in [-0.05, 0) is 47.9 Å². The van der Waals surface area contributed by atoms with Gasteiger partial charge in [-0.2, -0.15) is 0 Å². The smallest absolute Gasteiger partial charge is 0.353 e. The Morgan fingerprint density at radius 1 is 1.03 bits per heavy atom. The van der Waals surface area contributed by atoms with Crippen LogP contribution in [0.2, 0.25) is 0 Å². The molecule has 5 rings (SSSR count). The zero-order chi connectivity index (χ0) is 25.4. The molecule has 0 N–H and O–H groups in total. The summed E-state index contributed by atoms with van der Waals surface area (Å²) in [5.41, 5.74) is 3.92. The first-order valence-corrected chi connectivity index (χ1v) is 12.2. The Bertz CT molecular complexity index is 1500. The Hall–Kier alpha value is -3.99. The number of halogens is 1. The molecular formula is C25H24BrN7O3. The SMILES string of the molecule is CCc1c(-c2ccc(-n3c(OC)nn(C)c3=O)cc2Br)ccnc1N1CCN(c2cccnc2)C1=O. The minimum absolute atomic E-state index is 0.125. The fraction of sp³-hybridized carbons (Fsp3) is 0.240. The molecule has 0 unspecified atom stereocenters. The van der Waals surface area contributed by atoms with E-state index in [0.717, 1.165) is 26.9 Å². The number of hydrogen-bond donors (Lipinski definition) is 0. The molecule has 10 nitrogen and oxygen atoms in total. The van der Waals surface area contributed by atoms with E-state index in [0.29, 0.717) is 31.0 Å². The van der Waals surface area contributed by atoms with Gasteiger partial charge in [-0.15, -0.1) is 5.10 Å². The second-order valence-electron chi connectivity index (χ2n) is 8.20. The van der Waals surface area contributed by atoms with Crippen LogP contribution in [0.3, 0.4) is 0 Å². The highest BCUT2D eigenvalue weighted by atomic mass is 79.9. The molecule has 1 aliphatic heterocycles. The Morgan fingerprint density at radius 2 is 1.83 bits per heavy atom. The predicted octanol–water partition coefficient (Wildman–Crippen LogP) is 3.81. The molecule has 184 valence electrons. The zero-order valence-electron chi connectivity index (χ0n) is 20.1. The summed E-state index contributed by atoms with van der Waals surface area (Å²) in [7, 11) is 3.05. The van der Waals surface area contributed by atoms with Gasteiger partial charge in [0, 0.05) is 42.6 Å². The van der Waals surface area contributed by atoms with E-state index in [1.54, 1.807) is 35.4 Å². The monoisotopic (exact) mass is 549 g/mol. The van der Waals surface area contributed by atoms with E-state index in [4.69, 9.17) is 4.74 Å². The minimum atomic E-state index is -0.308. The maximum atomic E-state index is 13.3. The van der Waals surface area contributed by atoms with Crippen molar-refractivity contribution in [1.82, 2.24) is 24.3 Å². The number of urea groups is 1. The number of aryl methyl sites for hydroxylation is 1. The Balaban J connectivity index is 1.53.